The van der Waals surface area contributed by atoms with Crippen LogP contribution in [0, 0.1) is 17.8 Å². The van der Waals surface area contributed by atoms with Gasteiger partial charge in [0.1, 0.15) is 0 Å². The van der Waals surface area contributed by atoms with Crippen molar-refractivity contribution < 1.29 is 0 Å². The largest absolute Gasteiger partial charge is 0.316 e. The van der Waals surface area contributed by atoms with E-state index in [9.17, 15) is 0 Å². The Kier molecular flexibility index (Phi) is 3.68. The van der Waals surface area contributed by atoms with E-state index in [2.05, 4.69) is 31.0 Å². The highest BCUT2D eigenvalue weighted by Crippen LogP contribution is 2.31. The molecule has 0 aromatic carbocycles. The van der Waals surface area contributed by atoms with Crippen molar-refractivity contribution in [2.45, 2.75) is 39.7 Å². The highest BCUT2D eigenvalue weighted by Gasteiger charge is 2.29. The van der Waals surface area contributed by atoms with Crippen LogP contribution in [0.5, 0.6) is 0 Å². The first kappa shape index (κ1) is 11.4. The number of nitrogens with one attached hydrogen (secondary N) is 1. The monoisotopic (exact) mass is 210 g/mol. The second-order valence-corrected chi connectivity index (χ2v) is 5.89. The van der Waals surface area contributed by atoms with E-state index in [1.807, 2.05) is 0 Å². The summed E-state index contributed by atoms with van der Waals surface area (Å²) in [6.45, 7) is 12.2. The lowest BCUT2D eigenvalue weighted by Crippen LogP contribution is -2.38. The fourth-order valence-corrected chi connectivity index (χ4v) is 2.54. The zero-order chi connectivity index (χ0) is 10.8. The molecule has 1 saturated carbocycles. The van der Waals surface area contributed by atoms with Gasteiger partial charge in [0.05, 0.1) is 0 Å². The van der Waals surface area contributed by atoms with Gasteiger partial charge in [0.15, 0.2) is 0 Å². The van der Waals surface area contributed by atoms with Gasteiger partial charge in [0, 0.05) is 19.1 Å². The molecule has 15 heavy (non-hydrogen) atoms. The summed E-state index contributed by atoms with van der Waals surface area (Å²) >= 11 is 0. The summed E-state index contributed by atoms with van der Waals surface area (Å²) in [5.74, 6) is 2.77. The highest BCUT2D eigenvalue weighted by atomic mass is 15.2. The minimum Gasteiger partial charge on any atom is -0.316 e. The Labute approximate surface area is 94.4 Å². The van der Waals surface area contributed by atoms with E-state index >= 15 is 0 Å². The summed E-state index contributed by atoms with van der Waals surface area (Å²) in [5.41, 5.74) is 0. The highest BCUT2D eigenvalue weighted by molar-refractivity contribution is 4.84. The fraction of sp³-hybridized carbons (Fsp3) is 1.00. The van der Waals surface area contributed by atoms with Crippen molar-refractivity contribution in [3.05, 3.63) is 0 Å². The van der Waals surface area contributed by atoms with Crippen molar-refractivity contribution in [1.29, 1.82) is 0 Å². The minimum atomic E-state index is 0.721. The summed E-state index contributed by atoms with van der Waals surface area (Å²) < 4.78 is 0. The zero-order valence-electron chi connectivity index (χ0n) is 10.5. The minimum absolute atomic E-state index is 0.721. The van der Waals surface area contributed by atoms with Crippen LogP contribution in [0.4, 0.5) is 0 Å². The van der Waals surface area contributed by atoms with Crippen molar-refractivity contribution in [2.75, 3.05) is 26.2 Å². The van der Waals surface area contributed by atoms with Crippen LogP contribution >= 0.6 is 0 Å². The van der Waals surface area contributed by atoms with Crippen LogP contribution in [0.25, 0.3) is 0 Å². The van der Waals surface area contributed by atoms with Gasteiger partial charge in [0.2, 0.25) is 0 Å². The molecule has 0 aromatic heterocycles. The number of hydrogen-bond donors (Lipinski definition) is 1. The van der Waals surface area contributed by atoms with Crippen LogP contribution < -0.4 is 5.32 Å². The van der Waals surface area contributed by atoms with E-state index in [0.29, 0.717) is 0 Å². The van der Waals surface area contributed by atoms with Crippen LogP contribution in [0.15, 0.2) is 0 Å². The SMILES string of the molecule is CC(C)N(CC1CC1)C[C@@H]1CNC[C@H]1C. The maximum Gasteiger partial charge on any atom is 0.00388 e. The van der Waals surface area contributed by atoms with E-state index < -0.39 is 0 Å². The molecule has 0 amide bonds. The van der Waals surface area contributed by atoms with Gasteiger partial charge in [-0.05, 0) is 57.5 Å². The molecular formula is C13H26N2. The number of hydrogen-bond acceptors (Lipinski definition) is 2. The maximum absolute atomic E-state index is 3.51. The van der Waals surface area contributed by atoms with E-state index in [1.54, 1.807) is 0 Å². The van der Waals surface area contributed by atoms with E-state index in [1.165, 1.54) is 39.0 Å². The first-order valence-electron chi connectivity index (χ1n) is 6.61. The molecule has 1 aliphatic carbocycles. The molecule has 0 spiro atoms. The standard InChI is InChI=1S/C13H26N2/c1-10(2)15(8-12-4-5-12)9-13-7-14-6-11(13)3/h10-14H,4-9H2,1-3H3/t11-,13+/m1/s1. The molecule has 88 valence electrons. The second-order valence-electron chi connectivity index (χ2n) is 5.89. The quantitative estimate of drug-likeness (QED) is 0.746. The van der Waals surface area contributed by atoms with Crippen LogP contribution in [0.1, 0.15) is 33.6 Å². The topological polar surface area (TPSA) is 15.3 Å². The first-order valence-corrected chi connectivity index (χ1v) is 6.61. The van der Waals surface area contributed by atoms with E-state index in [-0.39, 0.29) is 0 Å². The summed E-state index contributed by atoms with van der Waals surface area (Å²) in [4.78, 5) is 2.70. The van der Waals surface area contributed by atoms with Crippen molar-refractivity contribution in [3.8, 4) is 0 Å². The Bertz CT molecular complexity index is 199. The van der Waals surface area contributed by atoms with Crippen molar-refractivity contribution >= 4 is 0 Å². The Morgan fingerprint density at radius 3 is 2.40 bits per heavy atom. The summed E-state index contributed by atoms with van der Waals surface area (Å²) in [5, 5.41) is 3.51. The van der Waals surface area contributed by atoms with Gasteiger partial charge in [-0.2, -0.15) is 0 Å². The van der Waals surface area contributed by atoms with Crippen molar-refractivity contribution in [3.63, 3.8) is 0 Å². The first-order chi connectivity index (χ1) is 7.16. The molecule has 0 bridgehead atoms. The number of nitrogens with zero attached hydrogens (tertiary/aromatic N) is 1. The molecule has 0 radical (unpaired) electrons. The third-order valence-electron chi connectivity index (χ3n) is 4.07. The molecule has 0 unspecified atom stereocenters. The summed E-state index contributed by atoms with van der Waals surface area (Å²) in [6.07, 6.45) is 2.95. The lowest BCUT2D eigenvalue weighted by Gasteiger charge is -2.30. The third kappa shape index (κ3) is 3.18. The molecular weight excluding hydrogens is 184 g/mol. The molecule has 1 saturated heterocycles. The Hall–Kier alpha value is -0.0800. The molecule has 0 aromatic rings. The predicted octanol–water partition coefficient (Wildman–Crippen LogP) is 1.96. The molecule has 1 N–H and O–H groups in total. The Morgan fingerprint density at radius 1 is 1.20 bits per heavy atom. The van der Waals surface area contributed by atoms with Gasteiger partial charge >= 0.3 is 0 Å². The molecule has 2 aliphatic rings. The molecule has 2 fully saturated rings. The molecule has 1 heterocycles. The van der Waals surface area contributed by atoms with Gasteiger partial charge < -0.3 is 10.2 Å². The average Bonchev–Trinajstić information content (AvgIpc) is 2.90. The van der Waals surface area contributed by atoms with Crippen LogP contribution in [-0.2, 0) is 0 Å². The third-order valence-corrected chi connectivity index (χ3v) is 4.07. The molecule has 1 aliphatic heterocycles. The molecule has 2 nitrogen and oxygen atoms in total. The van der Waals surface area contributed by atoms with Gasteiger partial charge in [-0.15, -0.1) is 0 Å². The predicted molar refractivity (Wildman–Crippen MR) is 65.0 cm³/mol. The van der Waals surface area contributed by atoms with Crippen LogP contribution in [0.2, 0.25) is 0 Å². The van der Waals surface area contributed by atoms with Gasteiger partial charge in [-0.1, -0.05) is 6.92 Å². The van der Waals surface area contributed by atoms with Crippen molar-refractivity contribution in [2.24, 2.45) is 17.8 Å². The van der Waals surface area contributed by atoms with Crippen molar-refractivity contribution in [1.82, 2.24) is 10.2 Å². The van der Waals surface area contributed by atoms with Crippen LogP contribution in [-0.4, -0.2) is 37.1 Å². The maximum atomic E-state index is 3.51. The molecule has 2 rings (SSSR count). The van der Waals surface area contributed by atoms with Gasteiger partial charge in [0.25, 0.3) is 0 Å². The zero-order valence-corrected chi connectivity index (χ0v) is 10.5. The van der Waals surface area contributed by atoms with E-state index in [0.717, 1.165) is 23.8 Å². The average molecular weight is 210 g/mol. The summed E-state index contributed by atoms with van der Waals surface area (Å²) in [6, 6.07) is 0.721. The molecule has 2 atom stereocenters. The smallest absolute Gasteiger partial charge is 0.00388 e. The Balaban J connectivity index is 1.81. The molecule has 2 heteroatoms. The second kappa shape index (κ2) is 4.84. The number of rotatable bonds is 5. The summed E-state index contributed by atoms with van der Waals surface area (Å²) in [7, 11) is 0. The lowest BCUT2D eigenvalue weighted by atomic mass is 9.97. The Morgan fingerprint density at radius 2 is 1.93 bits per heavy atom. The van der Waals surface area contributed by atoms with Gasteiger partial charge in [-0.3, -0.25) is 0 Å². The van der Waals surface area contributed by atoms with Crippen LogP contribution in [0.3, 0.4) is 0 Å². The normalized spacial score (nSPS) is 31.8. The van der Waals surface area contributed by atoms with E-state index in [4.69, 9.17) is 0 Å². The lowest BCUT2D eigenvalue weighted by molar-refractivity contribution is 0.171. The van der Waals surface area contributed by atoms with Gasteiger partial charge in [-0.25, -0.2) is 0 Å². The fourth-order valence-electron chi connectivity index (χ4n) is 2.54.